The van der Waals surface area contributed by atoms with Crippen LogP contribution in [0.1, 0.15) is 19.7 Å². The van der Waals surface area contributed by atoms with Crippen LogP contribution < -0.4 is 4.74 Å². The molecule has 1 aromatic heterocycles. The minimum atomic E-state index is -0.427. The summed E-state index contributed by atoms with van der Waals surface area (Å²) in [5.41, 5.74) is 0.971. The predicted octanol–water partition coefficient (Wildman–Crippen LogP) is 2.54. The van der Waals surface area contributed by atoms with Crippen molar-refractivity contribution in [2.45, 2.75) is 26.9 Å². The monoisotopic (exact) mass is 244 g/mol. The van der Waals surface area contributed by atoms with Crippen molar-refractivity contribution >= 4 is 5.78 Å². The molecule has 1 aromatic carbocycles. The lowest BCUT2D eigenvalue weighted by Gasteiger charge is -2.13. The molecule has 18 heavy (non-hydrogen) atoms. The Morgan fingerprint density at radius 2 is 2.22 bits per heavy atom. The quantitative estimate of drug-likeness (QED) is 0.830. The molecule has 0 radical (unpaired) electrons. The van der Waals surface area contributed by atoms with Crippen LogP contribution in [0.4, 0.5) is 0 Å². The zero-order valence-electron chi connectivity index (χ0n) is 10.8. The summed E-state index contributed by atoms with van der Waals surface area (Å²) in [6.07, 6.45) is 3.22. The van der Waals surface area contributed by atoms with Gasteiger partial charge in [-0.2, -0.15) is 0 Å². The largest absolute Gasteiger partial charge is 0.483 e. The van der Waals surface area contributed by atoms with Crippen molar-refractivity contribution in [3.63, 3.8) is 0 Å². The minimum absolute atomic E-state index is 0.0132. The van der Waals surface area contributed by atoms with Gasteiger partial charge < -0.3 is 9.30 Å². The predicted molar refractivity (Wildman–Crippen MR) is 69.1 cm³/mol. The summed E-state index contributed by atoms with van der Waals surface area (Å²) in [4.78, 5) is 15.4. The molecule has 0 aliphatic carbocycles. The fraction of sp³-hybridized carbons (Fsp3) is 0.286. The van der Waals surface area contributed by atoms with Gasteiger partial charge in [0.15, 0.2) is 11.9 Å². The molecule has 1 heterocycles. The molecule has 0 amide bonds. The van der Waals surface area contributed by atoms with E-state index in [9.17, 15) is 4.79 Å². The van der Waals surface area contributed by atoms with Gasteiger partial charge in [0, 0.05) is 18.5 Å². The van der Waals surface area contributed by atoms with Crippen LogP contribution in [-0.2, 0) is 4.79 Å². The second kappa shape index (κ2) is 5.04. The van der Waals surface area contributed by atoms with E-state index in [0.29, 0.717) is 5.75 Å². The number of carbonyl (C=O) groups is 1. The summed E-state index contributed by atoms with van der Waals surface area (Å²) in [7, 11) is 0. The van der Waals surface area contributed by atoms with Crippen LogP contribution in [0.5, 0.6) is 5.75 Å². The Balaban J connectivity index is 2.26. The van der Waals surface area contributed by atoms with Gasteiger partial charge in [0.05, 0.1) is 5.69 Å². The second-order valence-corrected chi connectivity index (χ2v) is 4.21. The first-order chi connectivity index (χ1) is 8.58. The lowest BCUT2D eigenvalue weighted by Crippen LogP contribution is -2.20. The Morgan fingerprint density at radius 1 is 1.44 bits per heavy atom. The molecule has 1 atom stereocenters. The van der Waals surface area contributed by atoms with Crippen LogP contribution in [-0.4, -0.2) is 21.4 Å². The number of Topliss-reactive ketones (excluding diaryl/α,β-unsaturated/α-hetero) is 1. The van der Waals surface area contributed by atoms with E-state index < -0.39 is 6.10 Å². The Kier molecular flexibility index (Phi) is 3.46. The summed E-state index contributed by atoms with van der Waals surface area (Å²) < 4.78 is 7.53. The number of benzene rings is 1. The van der Waals surface area contributed by atoms with Crippen molar-refractivity contribution in [2.24, 2.45) is 0 Å². The van der Waals surface area contributed by atoms with Crippen molar-refractivity contribution in [3.05, 3.63) is 42.5 Å². The van der Waals surface area contributed by atoms with Crippen molar-refractivity contribution in [1.29, 1.82) is 0 Å². The molecule has 0 aliphatic rings. The summed E-state index contributed by atoms with van der Waals surface area (Å²) in [6, 6.07) is 7.61. The fourth-order valence-corrected chi connectivity index (χ4v) is 1.64. The number of ketones is 1. The van der Waals surface area contributed by atoms with Gasteiger partial charge in [-0.3, -0.25) is 4.79 Å². The normalized spacial score (nSPS) is 12.2. The van der Waals surface area contributed by atoms with E-state index in [0.717, 1.165) is 11.5 Å². The highest BCUT2D eigenvalue weighted by atomic mass is 16.5. The van der Waals surface area contributed by atoms with Gasteiger partial charge in [0.25, 0.3) is 0 Å². The molecule has 1 unspecified atom stereocenters. The lowest BCUT2D eigenvalue weighted by molar-refractivity contribution is -0.122. The molecule has 0 aliphatic heterocycles. The highest BCUT2D eigenvalue weighted by molar-refractivity contribution is 5.80. The molecule has 0 fully saturated rings. The average Bonchev–Trinajstić information content (AvgIpc) is 2.75. The second-order valence-electron chi connectivity index (χ2n) is 4.21. The smallest absolute Gasteiger partial charge is 0.169 e. The van der Waals surface area contributed by atoms with Crippen LogP contribution in [0.2, 0.25) is 0 Å². The van der Waals surface area contributed by atoms with E-state index in [1.807, 2.05) is 42.0 Å². The summed E-state index contributed by atoms with van der Waals surface area (Å²) in [5.74, 6) is 1.61. The molecule has 4 heteroatoms. The number of aromatic nitrogens is 2. The first kappa shape index (κ1) is 12.4. The van der Waals surface area contributed by atoms with E-state index >= 15 is 0 Å². The number of nitrogens with zero attached hydrogens (tertiary/aromatic N) is 2. The van der Waals surface area contributed by atoms with Gasteiger partial charge in [0.2, 0.25) is 0 Å². The molecular formula is C14H16N2O2. The molecular weight excluding hydrogens is 228 g/mol. The van der Waals surface area contributed by atoms with Gasteiger partial charge in [-0.15, -0.1) is 0 Å². The van der Waals surface area contributed by atoms with E-state index in [-0.39, 0.29) is 5.78 Å². The third-order valence-corrected chi connectivity index (χ3v) is 2.81. The topological polar surface area (TPSA) is 44.1 Å². The van der Waals surface area contributed by atoms with Gasteiger partial charge in [0.1, 0.15) is 11.6 Å². The number of rotatable bonds is 4. The van der Waals surface area contributed by atoms with Crippen LogP contribution in [0.25, 0.3) is 5.69 Å². The van der Waals surface area contributed by atoms with Crippen LogP contribution in [0.15, 0.2) is 36.7 Å². The van der Waals surface area contributed by atoms with Crippen molar-refractivity contribution < 1.29 is 9.53 Å². The zero-order valence-corrected chi connectivity index (χ0v) is 10.8. The lowest BCUT2D eigenvalue weighted by atomic mass is 10.2. The zero-order chi connectivity index (χ0) is 13.1. The number of imidazole rings is 1. The standard InChI is InChI=1S/C14H16N2O2/c1-10(17)11(2)18-14-6-4-5-13(9-14)16-8-7-15-12(16)3/h4-9,11H,1-3H3. The molecule has 0 saturated carbocycles. The SMILES string of the molecule is CC(=O)C(C)Oc1cccc(-n2ccnc2C)c1. The maximum atomic E-state index is 11.2. The molecule has 2 rings (SSSR count). The third-order valence-electron chi connectivity index (χ3n) is 2.81. The van der Waals surface area contributed by atoms with Crippen LogP contribution >= 0.6 is 0 Å². The highest BCUT2D eigenvalue weighted by Crippen LogP contribution is 2.19. The number of hydrogen-bond donors (Lipinski definition) is 0. The van der Waals surface area contributed by atoms with E-state index in [1.165, 1.54) is 6.92 Å². The summed E-state index contributed by atoms with van der Waals surface area (Å²) in [6.45, 7) is 5.21. The molecule has 2 aromatic rings. The number of aryl methyl sites for hydroxylation is 1. The van der Waals surface area contributed by atoms with Gasteiger partial charge in [-0.05, 0) is 32.9 Å². The van der Waals surface area contributed by atoms with Crippen molar-refractivity contribution in [2.75, 3.05) is 0 Å². The van der Waals surface area contributed by atoms with Gasteiger partial charge >= 0.3 is 0 Å². The summed E-state index contributed by atoms with van der Waals surface area (Å²) in [5, 5.41) is 0. The molecule has 94 valence electrons. The van der Waals surface area contributed by atoms with Gasteiger partial charge in [-0.25, -0.2) is 4.98 Å². The first-order valence-electron chi connectivity index (χ1n) is 5.85. The molecule has 4 nitrogen and oxygen atoms in total. The molecule has 0 saturated heterocycles. The highest BCUT2D eigenvalue weighted by Gasteiger charge is 2.09. The number of ether oxygens (including phenoxy) is 1. The minimum Gasteiger partial charge on any atom is -0.483 e. The third kappa shape index (κ3) is 2.59. The molecule has 0 bridgehead atoms. The van der Waals surface area contributed by atoms with Crippen LogP contribution in [0, 0.1) is 6.92 Å². The number of carbonyl (C=O) groups excluding carboxylic acids is 1. The summed E-state index contributed by atoms with van der Waals surface area (Å²) >= 11 is 0. The van der Waals surface area contributed by atoms with E-state index in [1.54, 1.807) is 13.1 Å². The maximum Gasteiger partial charge on any atom is 0.169 e. The molecule has 0 N–H and O–H groups in total. The first-order valence-corrected chi connectivity index (χ1v) is 5.85. The van der Waals surface area contributed by atoms with Crippen LogP contribution in [0.3, 0.4) is 0 Å². The Bertz CT molecular complexity index is 560. The Hall–Kier alpha value is -2.10. The molecule has 0 spiro atoms. The van der Waals surface area contributed by atoms with Crippen molar-refractivity contribution in [3.8, 4) is 11.4 Å². The Labute approximate surface area is 106 Å². The van der Waals surface area contributed by atoms with Crippen molar-refractivity contribution in [1.82, 2.24) is 9.55 Å². The Morgan fingerprint density at radius 3 is 2.83 bits per heavy atom. The van der Waals surface area contributed by atoms with E-state index in [4.69, 9.17) is 4.74 Å². The average molecular weight is 244 g/mol. The van der Waals surface area contributed by atoms with E-state index in [2.05, 4.69) is 4.98 Å². The fourth-order valence-electron chi connectivity index (χ4n) is 1.64. The maximum absolute atomic E-state index is 11.2. The number of hydrogen-bond acceptors (Lipinski definition) is 3. The van der Waals surface area contributed by atoms with Gasteiger partial charge in [-0.1, -0.05) is 6.07 Å².